The number of thioether (sulfide) groups is 1. The summed E-state index contributed by atoms with van der Waals surface area (Å²) >= 11 is 5.92. The summed E-state index contributed by atoms with van der Waals surface area (Å²) in [5.41, 5.74) is 0. The normalized spacial score (nSPS) is 27.1. The average Bonchev–Trinajstić information content (AvgIpc) is 2.59. The Morgan fingerprint density at radius 1 is 1.27 bits per heavy atom. The van der Waals surface area contributed by atoms with Crippen LogP contribution in [-0.2, 0) is 14.4 Å². The van der Waals surface area contributed by atoms with Crippen molar-refractivity contribution >= 4 is 46.0 Å². The Labute approximate surface area is 94.2 Å². The van der Waals surface area contributed by atoms with Crippen LogP contribution in [0.15, 0.2) is 0 Å². The van der Waals surface area contributed by atoms with Crippen molar-refractivity contribution in [1.82, 2.24) is 10.0 Å². The third-order valence-corrected chi connectivity index (χ3v) is 3.36. The van der Waals surface area contributed by atoms with Gasteiger partial charge in [-0.1, -0.05) is 24.0 Å². The van der Waals surface area contributed by atoms with Crippen molar-refractivity contribution in [3.63, 3.8) is 0 Å². The minimum atomic E-state index is -1.36. The van der Waals surface area contributed by atoms with E-state index in [-0.39, 0.29) is 16.5 Å². The van der Waals surface area contributed by atoms with E-state index in [9.17, 15) is 19.5 Å². The van der Waals surface area contributed by atoms with Gasteiger partial charge in [-0.3, -0.25) is 14.4 Å². The molecule has 2 rings (SSSR count). The zero-order valence-corrected chi connectivity index (χ0v) is 9.01. The number of hydrazine groups is 1. The fourth-order valence-electron chi connectivity index (χ4n) is 1.35. The number of aliphatic hydroxyl groups is 1. The summed E-state index contributed by atoms with van der Waals surface area (Å²) in [6.07, 6.45) is -1.66. The van der Waals surface area contributed by atoms with Gasteiger partial charge in [0.2, 0.25) is 0 Å². The predicted octanol–water partition coefficient (Wildman–Crippen LogP) is -1.12. The number of rotatable bonds is 1. The van der Waals surface area contributed by atoms with Crippen molar-refractivity contribution in [1.29, 1.82) is 0 Å². The molecule has 1 unspecified atom stereocenters. The third kappa shape index (κ3) is 1.54. The van der Waals surface area contributed by atoms with E-state index in [0.717, 1.165) is 16.8 Å². The topological polar surface area (TPSA) is 77.9 Å². The van der Waals surface area contributed by atoms with E-state index >= 15 is 0 Å². The second-order valence-electron chi connectivity index (χ2n) is 3.02. The molecular weight excluding hydrogens is 240 g/mol. The molecule has 0 aromatic carbocycles. The number of carbonyl (C=O) groups is 3. The summed E-state index contributed by atoms with van der Waals surface area (Å²) in [5, 5.41) is 10.7. The first-order chi connectivity index (χ1) is 7.02. The van der Waals surface area contributed by atoms with Crippen molar-refractivity contribution in [3.8, 4) is 0 Å². The van der Waals surface area contributed by atoms with E-state index in [1.165, 1.54) is 0 Å². The zero-order valence-electron chi connectivity index (χ0n) is 7.37. The fourth-order valence-corrected chi connectivity index (χ4v) is 2.39. The van der Waals surface area contributed by atoms with Gasteiger partial charge in [-0.2, -0.15) is 10.0 Å². The molecule has 1 atom stereocenters. The van der Waals surface area contributed by atoms with Gasteiger partial charge in [0.15, 0.2) is 4.32 Å². The molecule has 2 fully saturated rings. The lowest BCUT2D eigenvalue weighted by Crippen LogP contribution is -2.49. The molecule has 15 heavy (non-hydrogen) atoms. The van der Waals surface area contributed by atoms with Gasteiger partial charge in [0, 0.05) is 0 Å². The third-order valence-electron chi connectivity index (χ3n) is 2.03. The molecule has 8 heteroatoms. The van der Waals surface area contributed by atoms with E-state index in [0.29, 0.717) is 5.01 Å². The molecule has 0 saturated carbocycles. The molecule has 80 valence electrons. The standard InChI is InChI=1S/C7H6N2O4S2/c10-3-1-4(11)8(6(3)13)9-5(12)2-15-7(9)14/h3,10H,1-2H2. The summed E-state index contributed by atoms with van der Waals surface area (Å²) in [4.78, 5) is 34.1. The van der Waals surface area contributed by atoms with Gasteiger partial charge in [-0.25, -0.2) is 0 Å². The Balaban J connectivity index is 2.30. The minimum absolute atomic E-state index is 0.117. The van der Waals surface area contributed by atoms with Crippen LogP contribution in [0, 0.1) is 0 Å². The number of hydrogen-bond donors (Lipinski definition) is 1. The number of hydrogen-bond acceptors (Lipinski definition) is 6. The molecule has 6 nitrogen and oxygen atoms in total. The summed E-state index contributed by atoms with van der Waals surface area (Å²) in [6, 6.07) is 0. The van der Waals surface area contributed by atoms with Gasteiger partial charge in [-0.15, -0.1) is 0 Å². The van der Waals surface area contributed by atoms with Crippen LogP contribution in [-0.4, -0.2) is 49.0 Å². The van der Waals surface area contributed by atoms with Gasteiger partial charge < -0.3 is 5.11 Å². The van der Waals surface area contributed by atoms with Crippen molar-refractivity contribution in [2.45, 2.75) is 12.5 Å². The highest BCUT2D eigenvalue weighted by Crippen LogP contribution is 2.25. The summed E-state index contributed by atoms with van der Waals surface area (Å²) in [6.45, 7) is 0. The van der Waals surface area contributed by atoms with Crippen LogP contribution >= 0.6 is 24.0 Å². The van der Waals surface area contributed by atoms with Crippen LogP contribution in [0.1, 0.15) is 6.42 Å². The quantitative estimate of drug-likeness (QED) is 0.466. The number of imide groups is 1. The second-order valence-corrected chi connectivity index (χ2v) is 4.63. The average molecular weight is 246 g/mol. The number of aliphatic hydroxyl groups excluding tert-OH is 1. The van der Waals surface area contributed by atoms with Gasteiger partial charge >= 0.3 is 0 Å². The molecular formula is C7H6N2O4S2. The van der Waals surface area contributed by atoms with E-state index in [2.05, 4.69) is 0 Å². The van der Waals surface area contributed by atoms with Crippen LogP contribution in [0.25, 0.3) is 0 Å². The molecule has 0 aromatic rings. The lowest BCUT2D eigenvalue weighted by Gasteiger charge is -2.23. The van der Waals surface area contributed by atoms with E-state index in [1.54, 1.807) is 0 Å². The number of thiocarbonyl (C=S) groups is 1. The molecule has 2 aliphatic heterocycles. The molecule has 2 aliphatic rings. The Kier molecular flexibility index (Phi) is 2.49. The van der Waals surface area contributed by atoms with Gasteiger partial charge in [0.25, 0.3) is 17.7 Å². The fraction of sp³-hybridized carbons (Fsp3) is 0.429. The smallest absolute Gasteiger partial charge is 0.278 e. The SMILES string of the molecule is O=C1CC(O)C(=O)N1N1C(=O)CSC1=S. The Bertz CT molecular complexity index is 367. The van der Waals surface area contributed by atoms with Crippen molar-refractivity contribution in [2.24, 2.45) is 0 Å². The van der Waals surface area contributed by atoms with Crippen molar-refractivity contribution in [3.05, 3.63) is 0 Å². The van der Waals surface area contributed by atoms with Crippen molar-refractivity contribution in [2.75, 3.05) is 5.75 Å². The number of amides is 3. The zero-order chi connectivity index (χ0) is 11.2. The van der Waals surface area contributed by atoms with Crippen LogP contribution in [0.4, 0.5) is 0 Å². The molecule has 0 aliphatic carbocycles. The first kappa shape index (κ1) is 10.5. The van der Waals surface area contributed by atoms with Gasteiger partial charge in [-0.05, 0) is 0 Å². The Hall–Kier alpha value is -0.990. The highest BCUT2D eigenvalue weighted by atomic mass is 32.2. The maximum absolute atomic E-state index is 11.4. The van der Waals surface area contributed by atoms with Crippen LogP contribution < -0.4 is 0 Å². The van der Waals surface area contributed by atoms with E-state index in [1.807, 2.05) is 0 Å². The van der Waals surface area contributed by atoms with Crippen LogP contribution in [0.3, 0.4) is 0 Å². The van der Waals surface area contributed by atoms with Gasteiger partial charge in [0.05, 0.1) is 12.2 Å². The molecule has 2 heterocycles. The number of nitrogens with zero attached hydrogens (tertiary/aromatic N) is 2. The molecule has 2 saturated heterocycles. The highest BCUT2D eigenvalue weighted by Gasteiger charge is 2.46. The largest absolute Gasteiger partial charge is 0.383 e. The summed E-state index contributed by atoms with van der Waals surface area (Å²) < 4.78 is 0.163. The molecule has 3 amide bonds. The monoisotopic (exact) mass is 246 g/mol. The Morgan fingerprint density at radius 3 is 2.33 bits per heavy atom. The first-order valence-corrected chi connectivity index (χ1v) is 5.46. The molecule has 0 aromatic heterocycles. The summed E-state index contributed by atoms with van der Waals surface area (Å²) in [7, 11) is 0. The second kappa shape index (κ2) is 3.54. The summed E-state index contributed by atoms with van der Waals surface area (Å²) in [5.74, 6) is -1.70. The van der Waals surface area contributed by atoms with Crippen LogP contribution in [0.5, 0.6) is 0 Å². The Morgan fingerprint density at radius 2 is 1.93 bits per heavy atom. The lowest BCUT2D eigenvalue weighted by atomic mass is 10.3. The maximum atomic E-state index is 11.4. The first-order valence-electron chi connectivity index (χ1n) is 4.07. The number of carbonyl (C=O) groups excluding carboxylic acids is 3. The van der Waals surface area contributed by atoms with Gasteiger partial charge in [0.1, 0.15) is 6.10 Å². The maximum Gasteiger partial charge on any atom is 0.278 e. The predicted molar refractivity (Wildman–Crippen MR) is 54.4 cm³/mol. The molecule has 0 radical (unpaired) electrons. The lowest BCUT2D eigenvalue weighted by molar-refractivity contribution is -0.160. The van der Waals surface area contributed by atoms with E-state index in [4.69, 9.17) is 12.2 Å². The molecule has 0 spiro atoms. The highest BCUT2D eigenvalue weighted by molar-refractivity contribution is 8.23. The minimum Gasteiger partial charge on any atom is -0.383 e. The van der Waals surface area contributed by atoms with Crippen LogP contribution in [0.2, 0.25) is 0 Å². The van der Waals surface area contributed by atoms with Crippen molar-refractivity contribution < 1.29 is 19.5 Å². The molecule has 0 bridgehead atoms. The molecule has 1 N–H and O–H groups in total. The van der Waals surface area contributed by atoms with E-state index < -0.39 is 23.8 Å².